The largest absolute Gasteiger partial charge is 0.391 e. The van der Waals surface area contributed by atoms with Gasteiger partial charge < -0.3 is 20.6 Å². The van der Waals surface area contributed by atoms with Crippen LogP contribution in [0.5, 0.6) is 0 Å². The summed E-state index contributed by atoms with van der Waals surface area (Å²) in [6.45, 7) is 0.895. The summed E-state index contributed by atoms with van der Waals surface area (Å²) < 4.78 is 5.48. The van der Waals surface area contributed by atoms with E-state index in [4.69, 9.17) is 10.6 Å². The van der Waals surface area contributed by atoms with Gasteiger partial charge in [-0.25, -0.2) is 15.8 Å². The summed E-state index contributed by atoms with van der Waals surface area (Å²) in [7, 11) is 1.55. The Morgan fingerprint density at radius 1 is 1.53 bits per heavy atom. The number of aromatic nitrogens is 2. The van der Waals surface area contributed by atoms with Gasteiger partial charge in [-0.2, -0.15) is 0 Å². The third-order valence-electron chi connectivity index (χ3n) is 2.06. The smallest absolute Gasteiger partial charge is 0.159 e. The molecule has 0 aliphatic carbocycles. The molecule has 1 unspecified atom stereocenters. The van der Waals surface area contributed by atoms with Crippen LogP contribution in [0.3, 0.4) is 0 Å². The lowest BCUT2D eigenvalue weighted by Crippen LogP contribution is -2.19. The molecule has 1 aromatic heterocycles. The van der Waals surface area contributed by atoms with Crippen molar-refractivity contribution < 1.29 is 9.84 Å². The van der Waals surface area contributed by atoms with Gasteiger partial charge >= 0.3 is 0 Å². The summed E-state index contributed by atoms with van der Waals surface area (Å²) in [4.78, 5) is 7.98. The Labute approximate surface area is 108 Å². The van der Waals surface area contributed by atoms with E-state index in [1.807, 2.05) is 0 Å². The third kappa shape index (κ3) is 4.43. The fraction of sp³-hybridized carbons (Fsp3) is 0.556. The van der Waals surface area contributed by atoms with Gasteiger partial charge in [-0.3, -0.25) is 0 Å². The molecule has 96 valence electrons. The number of aliphatic hydroxyl groups excluding tert-OH is 1. The molecule has 0 spiro atoms. The number of nitrogen functional groups attached to an aromatic ring is 1. The van der Waals surface area contributed by atoms with Crippen molar-refractivity contribution in [1.82, 2.24) is 9.97 Å². The minimum Gasteiger partial charge on any atom is -0.391 e. The maximum absolute atomic E-state index is 9.46. The van der Waals surface area contributed by atoms with Crippen LogP contribution in [-0.4, -0.2) is 41.4 Å². The molecule has 0 aromatic carbocycles. The van der Waals surface area contributed by atoms with Crippen LogP contribution < -0.4 is 16.6 Å². The van der Waals surface area contributed by atoms with Crippen LogP contribution in [0, 0.1) is 0 Å². The number of hydrogen-bond donors (Lipinski definition) is 4. The van der Waals surface area contributed by atoms with E-state index in [0.29, 0.717) is 35.7 Å². The Hall–Kier alpha value is -0.960. The lowest BCUT2D eigenvalue weighted by atomic mass is 10.2. The van der Waals surface area contributed by atoms with E-state index >= 15 is 0 Å². The molecule has 1 aromatic rings. The molecule has 1 heterocycles. The first-order valence-electron chi connectivity index (χ1n) is 5.07. The Morgan fingerprint density at radius 3 is 2.88 bits per heavy atom. The van der Waals surface area contributed by atoms with Crippen LogP contribution in [-0.2, 0) is 4.74 Å². The molecule has 0 saturated heterocycles. The molecule has 5 N–H and O–H groups in total. The normalized spacial score (nSPS) is 12.2. The predicted octanol–water partition coefficient (Wildman–Crippen LogP) is 0.334. The number of nitrogens with one attached hydrogen (secondary N) is 2. The first-order valence-corrected chi connectivity index (χ1v) is 5.86. The summed E-state index contributed by atoms with van der Waals surface area (Å²) in [6.07, 6.45) is 1.48. The van der Waals surface area contributed by atoms with Crippen molar-refractivity contribution >= 4 is 27.6 Å². The lowest BCUT2D eigenvalue weighted by Gasteiger charge is -2.12. The molecule has 0 saturated carbocycles. The van der Waals surface area contributed by atoms with E-state index in [0.717, 1.165) is 0 Å². The average molecular weight is 306 g/mol. The summed E-state index contributed by atoms with van der Waals surface area (Å²) >= 11 is 3.32. The lowest BCUT2D eigenvalue weighted by molar-refractivity contribution is 0.0615. The molecule has 1 atom stereocenters. The van der Waals surface area contributed by atoms with Crippen molar-refractivity contribution in [1.29, 1.82) is 0 Å². The summed E-state index contributed by atoms with van der Waals surface area (Å²) in [5.74, 6) is 6.40. The number of hydrogen-bond acceptors (Lipinski definition) is 7. The van der Waals surface area contributed by atoms with Gasteiger partial charge in [0, 0.05) is 13.7 Å². The maximum atomic E-state index is 9.46. The number of nitrogens with two attached hydrogens (primary N) is 1. The summed E-state index contributed by atoms with van der Waals surface area (Å²) in [5.41, 5.74) is 2.45. The number of methoxy groups -OCH3 is 1. The van der Waals surface area contributed by atoms with Gasteiger partial charge in [0.15, 0.2) is 5.82 Å². The highest BCUT2D eigenvalue weighted by Gasteiger charge is 2.08. The number of rotatable bonds is 7. The van der Waals surface area contributed by atoms with E-state index in [-0.39, 0.29) is 0 Å². The molecule has 0 aliphatic heterocycles. The van der Waals surface area contributed by atoms with Crippen LogP contribution in [0.15, 0.2) is 10.8 Å². The number of anilines is 2. The van der Waals surface area contributed by atoms with E-state index in [1.54, 1.807) is 7.11 Å². The van der Waals surface area contributed by atoms with Gasteiger partial charge in [-0.1, -0.05) is 0 Å². The van der Waals surface area contributed by atoms with Crippen LogP contribution >= 0.6 is 15.9 Å². The fourth-order valence-corrected chi connectivity index (χ4v) is 1.69. The van der Waals surface area contributed by atoms with E-state index in [2.05, 4.69) is 36.6 Å². The van der Waals surface area contributed by atoms with Crippen LogP contribution in [0.4, 0.5) is 11.6 Å². The second-order valence-electron chi connectivity index (χ2n) is 3.35. The van der Waals surface area contributed by atoms with Crippen LogP contribution in [0.1, 0.15) is 6.42 Å². The standard InChI is InChI=1S/C9H16BrN5O2/c1-17-4-6(16)2-3-12-8-7(10)9(15-11)14-5-13-8/h5-6,16H,2-4,11H2,1H3,(H2,12,13,14,15). The predicted molar refractivity (Wildman–Crippen MR) is 68.5 cm³/mol. The molecule has 8 heteroatoms. The van der Waals surface area contributed by atoms with Gasteiger partial charge in [0.05, 0.1) is 12.7 Å². The molecule has 0 aliphatic rings. The van der Waals surface area contributed by atoms with Crippen LogP contribution in [0.25, 0.3) is 0 Å². The zero-order valence-electron chi connectivity index (χ0n) is 9.48. The maximum Gasteiger partial charge on any atom is 0.159 e. The van der Waals surface area contributed by atoms with E-state index < -0.39 is 6.10 Å². The van der Waals surface area contributed by atoms with Gasteiger partial charge in [0.2, 0.25) is 0 Å². The second kappa shape index (κ2) is 7.38. The van der Waals surface area contributed by atoms with Crippen molar-refractivity contribution in [3.05, 3.63) is 10.8 Å². The molecule has 17 heavy (non-hydrogen) atoms. The first kappa shape index (κ1) is 14.1. The van der Waals surface area contributed by atoms with Crippen molar-refractivity contribution in [2.75, 3.05) is 31.0 Å². The molecule has 0 fully saturated rings. The quantitative estimate of drug-likeness (QED) is 0.425. The highest BCUT2D eigenvalue weighted by Crippen LogP contribution is 2.25. The number of halogens is 1. The van der Waals surface area contributed by atoms with Crippen LogP contribution in [0.2, 0.25) is 0 Å². The van der Waals surface area contributed by atoms with E-state index in [9.17, 15) is 5.11 Å². The third-order valence-corrected chi connectivity index (χ3v) is 2.81. The number of aliphatic hydroxyl groups is 1. The molecule has 1 rings (SSSR count). The Morgan fingerprint density at radius 2 is 2.24 bits per heavy atom. The zero-order valence-corrected chi connectivity index (χ0v) is 11.1. The van der Waals surface area contributed by atoms with Gasteiger partial charge in [0.25, 0.3) is 0 Å². The molecule has 0 radical (unpaired) electrons. The first-order chi connectivity index (χ1) is 8.19. The van der Waals surface area contributed by atoms with Crippen molar-refractivity contribution in [3.8, 4) is 0 Å². The molecule has 7 nitrogen and oxygen atoms in total. The number of hydrazine groups is 1. The summed E-state index contributed by atoms with van der Waals surface area (Å²) in [5, 5.41) is 12.5. The van der Waals surface area contributed by atoms with Gasteiger partial charge in [-0.05, 0) is 22.4 Å². The summed E-state index contributed by atoms with van der Waals surface area (Å²) in [6, 6.07) is 0. The molecular formula is C9H16BrN5O2. The zero-order chi connectivity index (χ0) is 12.7. The van der Waals surface area contributed by atoms with Gasteiger partial charge in [0.1, 0.15) is 16.6 Å². The average Bonchev–Trinajstić information content (AvgIpc) is 2.32. The minimum atomic E-state index is -0.486. The monoisotopic (exact) mass is 305 g/mol. The molecular weight excluding hydrogens is 290 g/mol. The highest BCUT2D eigenvalue weighted by atomic mass is 79.9. The Kier molecular flexibility index (Phi) is 6.12. The van der Waals surface area contributed by atoms with Crippen molar-refractivity contribution in [2.45, 2.75) is 12.5 Å². The van der Waals surface area contributed by atoms with Crippen molar-refractivity contribution in [3.63, 3.8) is 0 Å². The molecule has 0 amide bonds. The topological polar surface area (TPSA) is 105 Å². The second-order valence-corrected chi connectivity index (χ2v) is 4.15. The number of nitrogens with zero attached hydrogens (tertiary/aromatic N) is 2. The minimum absolute atomic E-state index is 0.322. The SMILES string of the molecule is COCC(O)CCNc1ncnc(NN)c1Br. The Balaban J connectivity index is 2.46. The highest BCUT2D eigenvalue weighted by molar-refractivity contribution is 9.10. The number of ether oxygens (including phenoxy) is 1. The van der Waals surface area contributed by atoms with E-state index in [1.165, 1.54) is 6.33 Å². The fourth-order valence-electron chi connectivity index (χ4n) is 1.23. The Bertz CT molecular complexity index is 352. The van der Waals surface area contributed by atoms with Gasteiger partial charge in [-0.15, -0.1) is 0 Å². The van der Waals surface area contributed by atoms with Crippen molar-refractivity contribution in [2.24, 2.45) is 5.84 Å². The molecule has 0 bridgehead atoms.